The number of amides is 2. The van der Waals surface area contributed by atoms with Crippen LogP contribution in [0.1, 0.15) is 46.5 Å². The van der Waals surface area contributed by atoms with Crippen LogP contribution in [-0.2, 0) is 11.2 Å². The van der Waals surface area contributed by atoms with Gasteiger partial charge < -0.3 is 10.6 Å². The molecule has 0 aliphatic carbocycles. The quantitative estimate of drug-likeness (QED) is 0.462. The van der Waals surface area contributed by atoms with Crippen LogP contribution < -0.4 is 10.6 Å². The first-order valence-corrected chi connectivity index (χ1v) is 11.3. The van der Waals surface area contributed by atoms with E-state index in [4.69, 9.17) is 0 Å². The number of fused-ring (bicyclic) bond motifs is 2. The fourth-order valence-corrected chi connectivity index (χ4v) is 4.44. The lowest BCUT2D eigenvalue weighted by Gasteiger charge is -2.26. The van der Waals surface area contributed by atoms with Gasteiger partial charge in [-0.15, -0.1) is 0 Å². The van der Waals surface area contributed by atoms with Crippen molar-refractivity contribution in [3.8, 4) is 0 Å². The number of carbonyl (C=O) groups excluding carboxylic acids is 2. The van der Waals surface area contributed by atoms with E-state index in [2.05, 4.69) is 20.7 Å². The van der Waals surface area contributed by atoms with Gasteiger partial charge in [-0.1, -0.05) is 36.4 Å². The average molecular weight is 458 g/mol. The van der Waals surface area contributed by atoms with E-state index >= 15 is 0 Å². The smallest absolute Gasteiger partial charge is 0.253 e. The summed E-state index contributed by atoms with van der Waals surface area (Å²) in [5, 5.41) is 12.3. The Hall–Kier alpha value is -4.07. The van der Waals surface area contributed by atoms with Crippen LogP contribution in [0.5, 0.6) is 0 Å². The van der Waals surface area contributed by atoms with Crippen LogP contribution in [0.15, 0.2) is 73.2 Å². The van der Waals surface area contributed by atoms with E-state index in [1.54, 1.807) is 10.9 Å². The highest BCUT2D eigenvalue weighted by molar-refractivity contribution is 5.94. The highest BCUT2D eigenvalue weighted by Crippen LogP contribution is 2.25. The SMILES string of the molecule is O=C(NC(CNC(=O)C1CCCc2ccnn21)c1ccc2ccccc2c1)c1cncc(F)c1. The normalized spacial score (nSPS) is 16.0. The molecule has 0 spiro atoms. The maximum absolute atomic E-state index is 13.6. The molecule has 1 aliphatic rings. The van der Waals surface area contributed by atoms with E-state index in [1.807, 2.05) is 48.5 Å². The molecule has 2 N–H and O–H groups in total. The number of hydrogen-bond donors (Lipinski definition) is 2. The summed E-state index contributed by atoms with van der Waals surface area (Å²) in [6, 6.07) is 16.0. The molecule has 7 nitrogen and oxygen atoms in total. The molecule has 4 aromatic rings. The standard InChI is InChI=1S/C26H24FN5O2/c27-21-13-20(14-28-15-21)25(33)31-23(19-9-8-17-4-1-2-5-18(17)12-19)16-29-26(34)24-7-3-6-22-10-11-30-32(22)24/h1-2,4-5,8-15,23-24H,3,6-7,16H2,(H,29,34)(H,31,33). The van der Waals surface area contributed by atoms with E-state index in [1.165, 1.54) is 6.20 Å². The van der Waals surface area contributed by atoms with Crippen LogP contribution >= 0.6 is 0 Å². The molecule has 8 heteroatoms. The zero-order valence-corrected chi connectivity index (χ0v) is 18.4. The molecule has 5 rings (SSSR count). The molecule has 0 saturated heterocycles. The molecule has 2 atom stereocenters. The van der Waals surface area contributed by atoms with E-state index in [9.17, 15) is 14.0 Å². The molecular weight excluding hydrogens is 433 g/mol. The summed E-state index contributed by atoms with van der Waals surface area (Å²) in [5.41, 5.74) is 2.00. The lowest BCUT2D eigenvalue weighted by Crippen LogP contribution is -2.41. The number of carbonyl (C=O) groups is 2. The fourth-order valence-electron chi connectivity index (χ4n) is 4.44. The molecule has 172 valence electrons. The molecular formula is C26H24FN5O2. The number of nitrogens with zero attached hydrogens (tertiary/aromatic N) is 3. The largest absolute Gasteiger partial charge is 0.352 e. The van der Waals surface area contributed by atoms with Crippen molar-refractivity contribution in [1.82, 2.24) is 25.4 Å². The average Bonchev–Trinajstić information content (AvgIpc) is 3.35. The molecule has 0 saturated carbocycles. The molecule has 34 heavy (non-hydrogen) atoms. The number of pyridine rings is 1. The van der Waals surface area contributed by atoms with Gasteiger partial charge in [0, 0.05) is 24.6 Å². The van der Waals surface area contributed by atoms with Crippen molar-refractivity contribution in [3.63, 3.8) is 0 Å². The van der Waals surface area contributed by atoms with Gasteiger partial charge in [0.1, 0.15) is 11.9 Å². The van der Waals surface area contributed by atoms with Gasteiger partial charge in [-0.25, -0.2) is 4.39 Å². The maximum Gasteiger partial charge on any atom is 0.253 e. The van der Waals surface area contributed by atoms with Crippen molar-refractivity contribution < 1.29 is 14.0 Å². The number of benzene rings is 2. The van der Waals surface area contributed by atoms with Gasteiger partial charge in [0.15, 0.2) is 0 Å². The van der Waals surface area contributed by atoms with Crippen LogP contribution in [0.3, 0.4) is 0 Å². The molecule has 2 aromatic carbocycles. The van der Waals surface area contributed by atoms with Crippen molar-refractivity contribution in [1.29, 1.82) is 0 Å². The van der Waals surface area contributed by atoms with Crippen LogP contribution in [-0.4, -0.2) is 33.1 Å². The Morgan fingerprint density at radius 3 is 2.79 bits per heavy atom. The van der Waals surface area contributed by atoms with Crippen molar-refractivity contribution in [2.75, 3.05) is 6.54 Å². The van der Waals surface area contributed by atoms with Crippen molar-refractivity contribution in [2.45, 2.75) is 31.3 Å². The summed E-state index contributed by atoms with van der Waals surface area (Å²) in [5.74, 6) is -1.20. The van der Waals surface area contributed by atoms with Gasteiger partial charge in [0.2, 0.25) is 5.91 Å². The van der Waals surface area contributed by atoms with Crippen molar-refractivity contribution in [3.05, 3.63) is 95.8 Å². The zero-order valence-electron chi connectivity index (χ0n) is 18.4. The monoisotopic (exact) mass is 457 g/mol. The summed E-state index contributed by atoms with van der Waals surface area (Å²) in [6.07, 6.45) is 6.61. The van der Waals surface area contributed by atoms with E-state index in [0.29, 0.717) is 6.42 Å². The summed E-state index contributed by atoms with van der Waals surface area (Å²) >= 11 is 0. The lowest BCUT2D eigenvalue weighted by atomic mass is 10.0. The highest BCUT2D eigenvalue weighted by Gasteiger charge is 2.27. The number of aromatic nitrogens is 3. The van der Waals surface area contributed by atoms with Crippen LogP contribution in [0.25, 0.3) is 10.8 Å². The predicted octanol–water partition coefficient (Wildman–Crippen LogP) is 3.74. The summed E-state index contributed by atoms with van der Waals surface area (Å²) in [6.45, 7) is 0.179. The van der Waals surface area contributed by atoms with Crippen LogP contribution in [0.4, 0.5) is 4.39 Å². The van der Waals surface area contributed by atoms with Crippen molar-refractivity contribution >= 4 is 22.6 Å². The Morgan fingerprint density at radius 1 is 1.09 bits per heavy atom. The van der Waals surface area contributed by atoms with Gasteiger partial charge in [-0.05, 0) is 53.8 Å². The Labute approximate surface area is 196 Å². The minimum atomic E-state index is -0.587. The number of halogens is 1. The van der Waals surface area contributed by atoms with Gasteiger partial charge in [-0.2, -0.15) is 5.10 Å². The molecule has 2 unspecified atom stereocenters. The second kappa shape index (κ2) is 9.43. The predicted molar refractivity (Wildman–Crippen MR) is 126 cm³/mol. The van der Waals surface area contributed by atoms with E-state index in [-0.39, 0.29) is 24.1 Å². The summed E-state index contributed by atoms with van der Waals surface area (Å²) in [7, 11) is 0. The molecule has 0 bridgehead atoms. The maximum atomic E-state index is 13.6. The van der Waals surface area contributed by atoms with E-state index in [0.717, 1.165) is 47.1 Å². The van der Waals surface area contributed by atoms with Gasteiger partial charge >= 0.3 is 0 Å². The minimum absolute atomic E-state index is 0.116. The summed E-state index contributed by atoms with van der Waals surface area (Å²) < 4.78 is 15.4. The van der Waals surface area contributed by atoms with E-state index < -0.39 is 17.8 Å². The third-order valence-electron chi connectivity index (χ3n) is 6.19. The Kier molecular flexibility index (Phi) is 6.03. The molecule has 3 heterocycles. The molecule has 1 aliphatic heterocycles. The third kappa shape index (κ3) is 4.52. The Balaban J connectivity index is 1.38. The van der Waals surface area contributed by atoms with Crippen molar-refractivity contribution in [2.24, 2.45) is 0 Å². The minimum Gasteiger partial charge on any atom is -0.352 e. The number of nitrogens with one attached hydrogen (secondary N) is 2. The Bertz CT molecular complexity index is 1350. The third-order valence-corrected chi connectivity index (χ3v) is 6.19. The first-order chi connectivity index (χ1) is 16.6. The molecule has 0 radical (unpaired) electrons. The second-order valence-corrected chi connectivity index (χ2v) is 8.44. The van der Waals surface area contributed by atoms with Gasteiger partial charge in [-0.3, -0.25) is 19.3 Å². The molecule has 0 fully saturated rings. The second-order valence-electron chi connectivity index (χ2n) is 8.44. The number of aryl methyl sites for hydroxylation is 1. The number of rotatable bonds is 6. The zero-order chi connectivity index (χ0) is 23.5. The molecule has 2 amide bonds. The fraction of sp³-hybridized carbons (Fsp3) is 0.231. The Morgan fingerprint density at radius 2 is 1.94 bits per heavy atom. The topological polar surface area (TPSA) is 88.9 Å². The van der Waals surface area contributed by atoms with Gasteiger partial charge in [0.05, 0.1) is 17.8 Å². The first-order valence-electron chi connectivity index (χ1n) is 11.3. The summed E-state index contributed by atoms with van der Waals surface area (Å²) in [4.78, 5) is 29.7. The van der Waals surface area contributed by atoms with Gasteiger partial charge in [0.25, 0.3) is 5.91 Å². The van der Waals surface area contributed by atoms with Crippen LogP contribution in [0, 0.1) is 5.82 Å². The van der Waals surface area contributed by atoms with Crippen LogP contribution in [0.2, 0.25) is 0 Å². The first kappa shape index (κ1) is 21.8. The number of hydrogen-bond acceptors (Lipinski definition) is 4. The highest BCUT2D eigenvalue weighted by atomic mass is 19.1. The molecule has 2 aromatic heterocycles. The lowest BCUT2D eigenvalue weighted by molar-refractivity contribution is -0.125.